The van der Waals surface area contributed by atoms with Crippen molar-refractivity contribution >= 4 is 11.6 Å². The van der Waals surface area contributed by atoms with E-state index in [0.717, 1.165) is 10.6 Å². The molecule has 0 aliphatic heterocycles. The monoisotopic (exact) mass is 275 g/mol. The quantitative estimate of drug-likeness (QED) is 0.816. The van der Waals surface area contributed by atoms with Crippen molar-refractivity contribution in [3.05, 3.63) is 58.7 Å². The topological polar surface area (TPSA) is 22.1 Å². The molecule has 2 rings (SSSR count). The zero-order valence-corrected chi connectivity index (χ0v) is 12.2. The van der Waals surface area contributed by atoms with Gasteiger partial charge in [0.2, 0.25) is 5.88 Å². The predicted molar refractivity (Wildman–Crippen MR) is 78.7 cm³/mol. The highest BCUT2D eigenvalue weighted by Crippen LogP contribution is 2.24. The van der Waals surface area contributed by atoms with Crippen molar-refractivity contribution in [2.75, 3.05) is 0 Å². The van der Waals surface area contributed by atoms with Crippen molar-refractivity contribution in [1.82, 2.24) is 4.98 Å². The van der Waals surface area contributed by atoms with E-state index in [2.05, 4.69) is 25.8 Å². The molecule has 0 aliphatic rings. The number of hydrogen-bond acceptors (Lipinski definition) is 2. The zero-order chi connectivity index (χ0) is 13.9. The standard InChI is InChI=1S/C16H18ClNO/c1-16(2,3)13-8-9-18-15(10-13)19-11-12-4-6-14(17)7-5-12/h4-10H,11H2,1-3H3. The van der Waals surface area contributed by atoms with E-state index < -0.39 is 0 Å². The molecular weight excluding hydrogens is 258 g/mol. The average molecular weight is 276 g/mol. The molecule has 0 unspecified atom stereocenters. The van der Waals surface area contributed by atoms with Gasteiger partial charge in [0, 0.05) is 17.3 Å². The zero-order valence-electron chi connectivity index (χ0n) is 11.5. The second kappa shape index (κ2) is 5.62. The van der Waals surface area contributed by atoms with Gasteiger partial charge in [-0.3, -0.25) is 0 Å². The highest BCUT2D eigenvalue weighted by atomic mass is 35.5. The first kappa shape index (κ1) is 13.9. The van der Waals surface area contributed by atoms with Gasteiger partial charge in [-0.25, -0.2) is 4.98 Å². The Bertz CT molecular complexity index is 543. The van der Waals surface area contributed by atoms with Crippen molar-refractivity contribution in [3.8, 4) is 5.88 Å². The lowest BCUT2D eigenvalue weighted by Crippen LogP contribution is -2.11. The van der Waals surface area contributed by atoms with Crippen LogP contribution in [0.4, 0.5) is 0 Å². The molecule has 0 N–H and O–H groups in total. The van der Waals surface area contributed by atoms with Crippen LogP contribution >= 0.6 is 11.6 Å². The lowest BCUT2D eigenvalue weighted by Gasteiger charge is -2.19. The maximum atomic E-state index is 5.85. The van der Waals surface area contributed by atoms with Crippen LogP contribution in [0.1, 0.15) is 31.9 Å². The van der Waals surface area contributed by atoms with Crippen LogP contribution < -0.4 is 4.74 Å². The Kier molecular flexibility index (Phi) is 4.11. The summed E-state index contributed by atoms with van der Waals surface area (Å²) >= 11 is 5.85. The summed E-state index contributed by atoms with van der Waals surface area (Å²) in [4.78, 5) is 4.24. The van der Waals surface area contributed by atoms with E-state index in [0.29, 0.717) is 12.5 Å². The third-order valence-corrected chi connectivity index (χ3v) is 3.15. The van der Waals surface area contributed by atoms with Crippen molar-refractivity contribution < 1.29 is 4.74 Å². The Hall–Kier alpha value is -1.54. The molecule has 100 valence electrons. The third kappa shape index (κ3) is 3.97. The molecule has 0 bridgehead atoms. The Morgan fingerprint density at radius 1 is 1.11 bits per heavy atom. The molecule has 1 aromatic heterocycles. The van der Waals surface area contributed by atoms with E-state index in [-0.39, 0.29) is 5.41 Å². The van der Waals surface area contributed by atoms with Crippen molar-refractivity contribution in [2.24, 2.45) is 0 Å². The minimum Gasteiger partial charge on any atom is -0.473 e. The fraction of sp³-hybridized carbons (Fsp3) is 0.312. The summed E-state index contributed by atoms with van der Waals surface area (Å²) in [5, 5.41) is 0.733. The first-order valence-electron chi connectivity index (χ1n) is 6.29. The molecule has 1 heterocycles. The second-order valence-corrected chi connectivity index (χ2v) is 5.98. The number of pyridine rings is 1. The highest BCUT2D eigenvalue weighted by molar-refractivity contribution is 6.30. The number of hydrogen-bond donors (Lipinski definition) is 0. The second-order valence-electron chi connectivity index (χ2n) is 5.55. The highest BCUT2D eigenvalue weighted by Gasteiger charge is 2.14. The first-order valence-corrected chi connectivity index (χ1v) is 6.67. The van der Waals surface area contributed by atoms with Gasteiger partial charge in [-0.05, 0) is 34.7 Å². The molecule has 0 saturated heterocycles. The molecule has 3 heteroatoms. The van der Waals surface area contributed by atoms with Crippen LogP contribution in [0.15, 0.2) is 42.6 Å². The minimum absolute atomic E-state index is 0.0985. The molecular formula is C16H18ClNO. The van der Waals surface area contributed by atoms with Crippen molar-refractivity contribution in [2.45, 2.75) is 32.8 Å². The summed E-state index contributed by atoms with van der Waals surface area (Å²) in [6.45, 7) is 7.01. The van der Waals surface area contributed by atoms with E-state index in [4.69, 9.17) is 16.3 Å². The smallest absolute Gasteiger partial charge is 0.213 e. The lowest BCUT2D eigenvalue weighted by molar-refractivity contribution is 0.293. The molecule has 0 aliphatic carbocycles. The van der Waals surface area contributed by atoms with Gasteiger partial charge in [0.15, 0.2) is 0 Å². The summed E-state index contributed by atoms with van der Waals surface area (Å²) in [6.07, 6.45) is 1.79. The summed E-state index contributed by atoms with van der Waals surface area (Å²) in [5.74, 6) is 0.655. The van der Waals surface area contributed by atoms with E-state index in [1.807, 2.05) is 36.4 Å². The van der Waals surface area contributed by atoms with E-state index in [1.54, 1.807) is 6.20 Å². The number of aromatic nitrogens is 1. The number of benzene rings is 1. The van der Waals surface area contributed by atoms with Crippen LogP contribution in [0.25, 0.3) is 0 Å². The Morgan fingerprint density at radius 3 is 2.42 bits per heavy atom. The van der Waals surface area contributed by atoms with Gasteiger partial charge >= 0.3 is 0 Å². The molecule has 2 nitrogen and oxygen atoms in total. The van der Waals surface area contributed by atoms with Crippen LogP contribution in [0.3, 0.4) is 0 Å². The van der Waals surface area contributed by atoms with Gasteiger partial charge in [0.25, 0.3) is 0 Å². The maximum absolute atomic E-state index is 5.85. The fourth-order valence-electron chi connectivity index (χ4n) is 1.69. The van der Waals surface area contributed by atoms with E-state index in [1.165, 1.54) is 5.56 Å². The molecule has 0 saturated carbocycles. The largest absolute Gasteiger partial charge is 0.473 e. The fourth-order valence-corrected chi connectivity index (χ4v) is 1.82. The van der Waals surface area contributed by atoms with Crippen LogP contribution in [-0.4, -0.2) is 4.98 Å². The van der Waals surface area contributed by atoms with E-state index >= 15 is 0 Å². The van der Waals surface area contributed by atoms with Gasteiger partial charge in [-0.1, -0.05) is 44.5 Å². The number of rotatable bonds is 3. The molecule has 2 aromatic rings. The van der Waals surface area contributed by atoms with Crippen LogP contribution in [0.5, 0.6) is 5.88 Å². The lowest BCUT2D eigenvalue weighted by atomic mass is 9.88. The molecule has 0 radical (unpaired) electrons. The predicted octanol–water partition coefficient (Wildman–Crippen LogP) is 4.61. The summed E-state index contributed by atoms with van der Waals surface area (Å²) in [5.41, 5.74) is 2.39. The first-order chi connectivity index (χ1) is 8.95. The molecule has 1 aromatic carbocycles. The summed E-state index contributed by atoms with van der Waals surface area (Å²) in [6, 6.07) is 11.6. The van der Waals surface area contributed by atoms with Crippen molar-refractivity contribution in [1.29, 1.82) is 0 Å². The molecule has 0 atom stereocenters. The number of halogens is 1. The Morgan fingerprint density at radius 2 is 1.79 bits per heavy atom. The number of ether oxygens (including phenoxy) is 1. The molecule has 0 amide bonds. The van der Waals surface area contributed by atoms with Gasteiger partial charge in [-0.15, -0.1) is 0 Å². The molecule has 0 spiro atoms. The van der Waals surface area contributed by atoms with Gasteiger partial charge in [0.1, 0.15) is 6.61 Å². The van der Waals surface area contributed by atoms with Gasteiger partial charge in [0.05, 0.1) is 0 Å². The van der Waals surface area contributed by atoms with Crippen LogP contribution in [-0.2, 0) is 12.0 Å². The van der Waals surface area contributed by atoms with E-state index in [9.17, 15) is 0 Å². The molecule has 19 heavy (non-hydrogen) atoms. The normalized spacial score (nSPS) is 11.4. The van der Waals surface area contributed by atoms with Gasteiger partial charge < -0.3 is 4.74 Å². The number of nitrogens with zero attached hydrogens (tertiary/aromatic N) is 1. The summed E-state index contributed by atoms with van der Waals surface area (Å²) < 4.78 is 5.71. The third-order valence-electron chi connectivity index (χ3n) is 2.90. The minimum atomic E-state index is 0.0985. The Labute approximate surface area is 119 Å². The van der Waals surface area contributed by atoms with Crippen LogP contribution in [0, 0.1) is 0 Å². The van der Waals surface area contributed by atoms with Crippen molar-refractivity contribution in [3.63, 3.8) is 0 Å². The average Bonchev–Trinajstić information content (AvgIpc) is 2.37. The Balaban J connectivity index is 2.05. The van der Waals surface area contributed by atoms with Crippen LogP contribution in [0.2, 0.25) is 5.02 Å². The van der Waals surface area contributed by atoms with Gasteiger partial charge in [-0.2, -0.15) is 0 Å². The molecule has 0 fully saturated rings. The maximum Gasteiger partial charge on any atom is 0.213 e. The summed E-state index contributed by atoms with van der Waals surface area (Å²) in [7, 11) is 0. The SMILES string of the molecule is CC(C)(C)c1ccnc(OCc2ccc(Cl)cc2)c1.